The van der Waals surface area contributed by atoms with E-state index in [4.69, 9.17) is 19.4 Å². The molecule has 0 unspecified atom stereocenters. The van der Waals surface area contributed by atoms with Crippen LogP contribution in [0.2, 0.25) is 0 Å². The van der Waals surface area contributed by atoms with Crippen LogP contribution in [-0.4, -0.2) is 87.7 Å². The zero-order chi connectivity index (χ0) is 27.6. The number of benzene rings is 2. The van der Waals surface area contributed by atoms with Crippen molar-refractivity contribution in [1.82, 2.24) is 14.5 Å². The first-order valence-corrected chi connectivity index (χ1v) is 12.4. The van der Waals surface area contributed by atoms with Crippen molar-refractivity contribution in [2.24, 2.45) is 0 Å². The highest BCUT2D eigenvalue weighted by Crippen LogP contribution is 2.31. The molecule has 204 valence electrons. The number of hydrogen-bond acceptors (Lipinski definition) is 7. The zero-order valence-electron chi connectivity index (χ0n) is 20.2. The standard InChI is InChI=1S/C21H27N3O5S.C2HF3O2/c1-28-18-8-9-19(29-2)20(14-18)30(26,27)24(15-17-6-4-3-5-7-17)16-21(25)23-12-10-22-11-13-23;3-2(4,5)1(6)7/h3-9,14,22H,10-13,15-16H2,1-2H3;(H,6,7). The van der Waals surface area contributed by atoms with E-state index in [0.717, 1.165) is 5.56 Å². The molecule has 3 rings (SSSR count). The van der Waals surface area contributed by atoms with Crippen molar-refractivity contribution in [2.45, 2.75) is 17.6 Å². The molecule has 0 atom stereocenters. The van der Waals surface area contributed by atoms with Gasteiger partial charge in [0, 0.05) is 38.8 Å². The minimum absolute atomic E-state index is 0.0339. The second-order valence-corrected chi connectivity index (χ2v) is 9.62. The van der Waals surface area contributed by atoms with Crippen molar-refractivity contribution in [2.75, 3.05) is 46.9 Å². The maximum atomic E-state index is 13.6. The molecule has 1 aliphatic heterocycles. The van der Waals surface area contributed by atoms with Crippen molar-refractivity contribution >= 4 is 21.9 Å². The molecular formula is C23H28F3N3O7S. The molecule has 0 saturated carbocycles. The summed E-state index contributed by atoms with van der Waals surface area (Å²) in [5.74, 6) is -2.39. The molecule has 1 fully saturated rings. The number of methoxy groups -OCH3 is 2. The number of carbonyl (C=O) groups is 2. The predicted octanol–water partition coefficient (Wildman–Crippen LogP) is 1.96. The minimum Gasteiger partial charge on any atom is -0.497 e. The summed E-state index contributed by atoms with van der Waals surface area (Å²) in [4.78, 5) is 23.4. The first-order chi connectivity index (χ1) is 17.4. The van der Waals surface area contributed by atoms with Crippen molar-refractivity contribution in [1.29, 1.82) is 0 Å². The highest BCUT2D eigenvalue weighted by atomic mass is 32.2. The fourth-order valence-corrected chi connectivity index (χ4v) is 4.85. The van der Waals surface area contributed by atoms with E-state index in [0.29, 0.717) is 31.9 Å². The number of nitrogens with one attached hydrogen (secondary N) is 1. The summed E-state index contributed by atoms with van der Waals surface area (Å²) >= 11 is 0. The summed E-state index contributed by atoms with van der Waals surface area (Å²) < 4.78 is 70.6. The molecular weight excluding hydrogens is 519 g/mol. The van der Waals surface area contributed by atoms with Crippen LogP contribution in [0.1, 0.15) is 5.56 Å². The Balaban J connectivity index is 0.000000604. The van der Waals surface area contributed by atoms with Crippen molar-refractivity contribution < 1.29 is 45.8 Å². The molecule has 1 aliphatic rings. The highest BCUT2D eigenvalue weighted by molar-refractivity contribution is 7.89. The number of ether oxygens (including phenoxy) is 2. The summed E-state index contributed by atoms with van der Waals surface area (Å²) in [6, 6.07) is 13.8. The number of hydrogen-bond donors (Lipinski definition) is 2. The number of aliphatic carboxylic acids is 1. The van der Waals surface area contributed by atoms with Gasteiger partial charge in [-0.05, 0) is 17.7 Å². The number of rotatable bonds is 8. The topological polar surface area (TPSA) is 125 Å². The first kappa shape index (κ1) is 29.9. The Bertz CT molecular complexity index is 1160. The third kappa shape index (κ3) is 8.61. The number of sulfonamides is 1. The summed E-state index contributed by atoms with van der Waals surface area (Å²) in [6.07, 6.45) is -5.08. The van der Waals surface area contributed by atoms with Crippen LogP contribution in [0.25, 0.3) is 0 Å². The van der Waals surface area contributed by atoms with Crippen molar-refractivity contribution in [3.63, 3.8) is 0 Å². The van der Waals surface area contributed by atoms with E-state index < -0.39 is 22.2 Å². The molecule has 10 nitrogen and oxygen atoms in total. The van der Waals surface area contributed by atoms with Crippen LogP contribution in [0.4, 0.5) is 13.2 Å². The van der Waals surface area contributed by atoms with E-state index in [9.17, 15) is 26.4 Å². The summed E-state index contributed by atoms with van der Waals surface area (Å²) in [6.45, 7) is 2.32. The van der Waals surface area contributed by atoms with Gasteiger partial charge in [-0.2, -0.15) is 17.5 Å². The maximum absolute atomic E-state index is 13.6. The lowest BCUT2D eigenvalue weighted by Gasteiger charge is -2.30. The smallest absolute Gasteiger partial charge is 0.490 e. The van der Waals surface area contributed by atoms with Gasteiger partial charge in [-0.1, -0.05) is 30.3 Å². The number of carboxylic acid groups (broad SMARTS) is 1. The average molecular weight is 548 g/mol. The van der Waals surface area contributed by atoms with Gasteiger partial charge < -0.3 is 24.8 Å². The lowest BCUT2D eigenvalue weighted by Crippen LogP contribution is -2.50. The van der Waals surface area contributed by atoms with Gasteiger partial charge in [0.1, 0.15) is 16.4 Å². The molecule has 2 N–H and O–H groups in total. The fraction of sp³-hybridized carbons (Fsp3) is 0.391. The summed E-state index contributed by atoms with van der Waals surface area (Å²) in [7, 11) is -1.17. The molecule has 14 heteroatoms. The SMILES string of the molecule is COc1ccc(OC)c(S(=O)(=O)N(CC(=O)N2CCNCC2)Cc2ccccc2)c1.O=C(O)C(F)(F)F. The van der Waals surface area contributed by atoms with Gasteiger partial charge in [0.05, 0.1) is 20.8 Å². The van der Waals surface area contributed by atoms with Crippen molar-refractivity contribution in [3.05, 3.63) is 54.1 Å². The molecule has 1 heterocycles. The quantitative estimate of drug-likeness (QED) is 0.514. The molecule has 0 radical (unpaired) electrons. The average Bonchev–Trinajstić information content (AvgIpc) is 2.88. The predicted molar refractivity (Wildman–Crippen MR) is 127 cm³/mol. The Morgan fingerprint density at radius 2 is 1.65 bits per heavy atom. The number of alkyl halides is 3. The Morgan fingerprint density at radius 1 is 1.05 bits per heavy atom. The normalized spacial score (nSPS) is 13.9. The lowest BCUT2D eigenvalue weighted by molar-refractivity contribution is -0.192. The monoisotopic (exact) mass is 547 g/mol. The zero-order valence-corrected chi connectivity index (χ0v) is 21.0. The van der Waals surface area contributed by atoms with Gasteiger partial charge >= 0.3 is 12.1 Å². The number of amides is 1. The molecule has 37 heavy (non-hydrogen) atoms. The van der Waals surface area contributed by atoms with Crippen LogP contribution in [-0.2, 0) is 26.2 Å². The van der Waals surface area contributed by atoms with Gasteiger partial charge in [-0.3, -0.25) is 4.79 Å². The molecule has 0 aliphatic carbocycles. The number of nitrogens with zero attached hydrogens (tertiary/aromatic N) is 2. The van der Waals surface area contributed by atoms with E-state index >= 15 is 0 Å². The van der Waals surface area contributed by atoms with Gasteiger partial charge in [0.15, 0.2) is 0 Å². The molecule has 2 aromatic carbocycles. The molecule has 1 saturated heterocycles. The summed E-state index contributed by atoms with van der Waals surface area (Å²) in [5.41, 5.74) is 0.788. The Kier molecular flexibility index (Phi) is 10.7. The van der Waals surface area contributed by atoms with Crippen LogP contribution < -0.4 is 14.8 Å². The van der Waals surface area contributed by atoms with Crippen LogP contribution in [0.3, 0.4) is 0 Å². The number of carboxylic acids is 1. The largest absolute Gasteiger partial charge is 0.497 e. The highest BCUT2D eigenvalue weighted by Gasteiger charge is 2.38. The van der Waals surface area contributed by atoms with Gasteiger partial charge in [-0.15, -0.1) is 0 Å². The second kappa shape index (κ2) is 13.3. The second-order valence-electron chi connectivity index (χ2n) is 7.71. The van der Waals surface area contributed by atoms with Crippen LogP contribution in [0, 0.1) is 0 Å². The molecule has 1 amide bonds. The van der Waals surface area contributed by atoms with Gasteiger partial charge in [0.2, 0.25) is 15.9 Å². The Hall–Kier alpha value is -3.36. The van der Waals surface area contributed by atoms with Crippen LogP contribution in [0.5, 0.6) is 11.5 Å². The molecule has 0 bridgehead atoms. The maximum Gasteiger partial charge on any atom is 0.490 e. The fourth-order valence-electron chi connectivity index (χ4n) is 3.30. The molecule has 0 spiro atoms. The van der Waals surface area contributed by atoms with E-state index in [2.05, 4.69) is 5.32 Å². The van der Waals surface area contributed by atoms with Gasteiger partial charge in [0.25, 0.3) is 0 Å². The van der Waals surface area contributed by atoms with Gasteiger partial charge in [-0.25, -0.2) is 13.2 Å². The summed E-state index contributed by atoms with van der Waals surface area (Å²) in [5, 5.41) is 10.3. The van der Waals surface area contributed by atoms with E-state index in [1.165, 1.54) is 24.6 Å². The number of carbonyl (C=O) groups excluding carboxylic acids is 1. The Labute approximate surface area is 212 Å². The first-order valence-electron chi connectivity index (χ1n) is 10.9. The lowest BCUT2D eigenvalue weighted by atomic mass is 10.2. The van der Waals surface area contributed by atoms with E-state index in [1.807, 2.05) is 30.3 Å². The third-order valence-corrected chi connectivity index (χ3v) is 7.03. The Morgan fingerprint density at radius 3 is 2.16 bits per heavy atom. The van der Waals surface area contributed by atoms with Crippen LogP contribution >= 0.6 is 0 Å². The number of halogens is 3. The molecule has 0 aromatic heterocycles. The van der Waals surface area contributed by atoms with Crippen LogP contribution in [0.15, 0.2) is 53.4 Å². The molecule has 2 aromatic rings. The number of piperazine rings is 1. The third-order valence-electron chi connectivity index (χ3n) is 5.21. The van der Waals surface area contributed by atoms with Crippen molar-refractivity contribution in [3.8, 4) is 11.5 Å². The van der Waals surface area contributed by atoms with E-state index in [-0.39, 0.29) is 29.6 Å². The van der Waals surface area contributed by atoms with E-state index in [1.54, 1.807) is 17.0 Å². The minimum atomic E-state index is -5.08.